The molecular formula is C19H23N5O3. The van der Waals surface area contributed by atoms with Gasteiger partial charge in [0.15, 0.2) is 0 Å². The molecule has 0 aliphatic heterocycles. The molecule has 2 amide bonds. The molecule has 0 bridgehead atoms. The molecule has 0 aliphatic rings. The highest BCUT2D eigenvalue weighted by Gasteiger charge is 2.13. The summed E-state index contributed by atoms with van der Waals surface area (Å²) in [5.74, 6) is 0.716. The van der Waals surface area contributed by atoms with E-state index >= 15 is 0 Å². The van der Waals surface area contributed by atoms with E-state index in [4.69, 9.17) is 15.1 Å². The molecule has 0 spiro atoms. The second-order valence-corrected chi connectivity index (χ2v) is 5.81. The van der Waals surface area contributed by atoms with Crippen LogP contribution in [0.25, 0.3) is 0 Å². The lowest BCUT2D eigenvalue weighted by atomic mass is 10.1. The molecule has 27 heavy (non-hydrogen) atoms. The number of carbonyl (C=O) groups is 1. The number of ether oxygens (including phenoxy) is 1. The van der Waals surface area contributed by atoms with Crippen molar-refractivity contribution in [3.63, 3.8) is 0 Å². The molecule has 0 atom stereocenters. The van der Waals surface area contributed by atoms with E-state index in [1.54, 1.807) is 13.2 Å². The SMILES string of the molecule is COc1ccccc1C(C)=NOCc1c(C)cccc1NC(=O)N(C)N=N. The molecule has 2 aromatic carbocycles. The predicted octanol–water partition coefficient (Wildman–Crippen LogP) is 4.35. The lowest BCUT2D eigenvalue weighted by Crippen LogP contribution is -2.26. The van der Waals surface area contributed by atoms with Gasteiger partial charge in [0.1, 0.15) is 12.4 Å². The number of carbonyl (C=O) groups excluding carboxylic acids is 1. The number of oxime groups is 1. The smallest absolute Gasteiger partial charge is 0.343 e. The summed E-state index contributed by atoms with van der Waals surface area (Å²) in [4.78, 5) is 17.5. The summed E-state index contributed by atoms with van der Waals surface area (Å²) in [7, 11) is 3.00. The van der Waals surface area contributed by atoms with E-state index in [2.05, 4.69) is 15.7 Å². The van der Waals surface area contributed by atoms with E-state index in [1.807, 2.05) is 50.2 Å². The number of amides is 2. The predicted molar refractivity (Wildman–Crippen MR) is 103 cm³/mol. The zero-order valence-electron chi connectivity index (χ0n) is 15.8. The van der Waals surface area contributed by atoms with Crippen molar-refractivity contribution >= 4 is 17.4 Å². The van der Waals surface area contributed by atoms with Crippen LogP contribution in [0.5, 0.6) is 5.75 Å². The average Bonchev–Trinajstić information content (AvgIpc) is 2.69. The third-order valence-electron chi connectivity index (χ3n) is 4.00. The van der Waals surface area contributed by atoms with Crippen LogP contribution < -0.4 is 10.1 Å². The minimum absolute atomic E-state index is 0.177. The average molecular weight is 369 g/mol. The molecule has 8 nitrogen and oxygen atoms in total. The van der Waals surface area contributed by atoms with Gasteiger partial charge in [-0.25, -0.2) is 4.79 Å². The molecule has 2 aromatic rings. The maximum atomic E-state index is 12.0. The van der Waals surface area contributed by atoms with Crippen LogP contribution >= 0.6 is 0 Å². The lowest BCUT2D eigenvalue weighted by molar-refractivity contribution is 0.130. The van der Waals surface area contributed by atoms with Crippen LogP contribution in [0.2, 0.25) is 0 Å². The van der Waals surface area contributed by atoms with Gasteiger partial charge in [-0.1, -0.05) is 34.6 Å². The Morgan fingerprint density at radius 3 is 2.67 bits per heavy atom. The molecule has 0 fully saturated rings. The summed E-state index contributed by atoms with van der Waals surface area (Å²) in [6, 6.07) is 12.6. The molecule has 142 valence electrons. The number of aryl methyl sites for hydroxylation is 1. The highest BCUT2D eigenvalue weighted by Crippen LogP contribution is 2.22. The van der Waals surface area contributed by atoms with E-state index < -0.39 is 6.03 Å². The van der Waals surface area contributed by atoms with Gasteiger partial charge in [0, 0.05) is 23.9 Å². The molecule has 0 unspecified atom stereocenters. The fraction of sp³-hybridized carbons (Fsp3) is 0.263. The summed E-state index contributed by atoms with van der Waals surface area (Å²) < 4.78 is 5.33. The number of nitrogens with one attached hydrogen (secondary N) is 2. The molecule has 0 aromatic heterocycles. The van der Waals surface area contributed by atoms with Crippen molar-refractivity contribution in [3.05, 3.63) is 59.2 Å². The second-order valence-electron chi connectivity index (χ2n) is 5.81. The molecule has 0 aliphatic carbocycles. The van der Waals surface area contributed by atoms with Gasteiger partial charge >= 0.3 is 6.03 Å². The van der Waals surface area contributed by atoms with Gasteiger partial charge in [-0.3, -0.25) is 0 Å². The van der Waals surface area contributed by atoms with Crippen LogP contribution in [0, 0.1) is 12.5 Å². The Labute approximate surface area is 158 Å². The first-order chi connectivity index (χ1) is 13.0. The molecular weight excluding hydrogens is 346 g/mol. The summed E-state index contributed by atoms with van der Waals surface area (Å²) in [6.45, 7) is 3.93. The fourth-order valence-electron chi connectivity index (χ4n) is 2.44. The second kappa shape index (κ2) is 9.33. The molecule has 8 heteroatoms. The number of nitrogens with zero attached hydrogens (tertiary/aromatic N) is 3. The number of anilines is 1. The molecule has 0 radical (unpaired) electrons. The van der Waals surface area contributed by atoms with E-state index in [9.17, 15) is 4.79 Å². The minimum atomic E-state index is -0.509. The molecule has 0 saturated carbocycles. The van der Waals surface area contributed by atoms with Crippen molar-refractivity contribution in [2.75, 3.05) is 19.5 Å². The van der Waals surface area contributed by atoms with Crippen LogP contribution in [-0.4, -0.2) is 30.9 Å². The first-order valence-corrected chi connectivity index (χ1v) is 8.28. The van der Waals surface area contributed by atoms with E-state index in [0.29, 0.717) is 17.1 Å². The first kappa shape index (κ1) is 19.9. The Morgan fingerprint density at radius 2 is 1.96 bits per heavy atom. The van der Waals surface area contributed by atoms with Crippen molar-refractivity contribution in [2.45, 2.75) is 20.5 Å². The first-order valence-electron chi connectivity index (χ1n) is 8.28. The number of benzene rings is 2. The number of rotatable bonds is 7. The van der Waals surface area contributed by atoms with Gasteiger partial charge < -0.3 is 14.9 Å². The molecule has 2 N–H and O–H groups in total. The topological polar surface area (TPSA) is 99.4 Å². The summed E-state index contributed by atoms with van der Waals surface area (Å²) >= 11 is 0. The largest absolute Gasteiger partial charge is 0.496 e. The van der Waals surface area contributed by atoms with Gasteiger partial charge in [0.25, 0.3) is 0 Å². The van der Waals surface area contributed by atoms with Crippen LogP contribution in [0.3, 0.4) is 0 Å². The van der Waals surface area contributed by atoms with Gasteiger partial charge in [-0.15, -0.1) is 0 Å². The van der Waals surface area contributed by atoms with E-state index in [-0.39, 0.29) is 6.61 Å². The van der Waals surface area contributed by atoms with E-state index in [1.165, 1.54) is 7.05 Å². The van der Waals surface area contributed by atoms with Gasteiger partial charge in [0.2, 0.25) is 0 Å². The zero-order chi connectivity index (χ0) is 19.8. The zero-order valence-corrected chi connectivity index (χ0v) is 15.8. The highest BCUT2D eigenvalue weighted by atomic mass is 16.6. The van der Waals surface area contributed by atoms with Crippen molar-refractivity contribution in [1.82, 2.24) is 5.01 Å². The van der Waals surface area contributed by atoms with Gasteiger partial charge in [-0.05, 0) is 37.6 Å². The van der Waals surface area contributed by atoms with Crippen molar-refractivity contribution in [3.8, 4) is 5.75 Å². The van der Waals surface area contributed by atoms with Crippen LogP contribution in [0.1, 0.15) is 23.6 Å². The normalized spacial score (nSPS) is 10.9. The quantitative estimate of drug-likeness (QED) is 0.431. The summed E-state index contributed by atoms with van der Waals surface area (Å²) in [5, 5.41) is 10.9. The highest BCUT2D eigenvalue weighted by molar-refractivity contribution is 6.00. The number of methoxy groups -OCH3 is 1. The van der Waals surface area contributed by atoms with E-state index in [0.717, 1.165) is 21.7 Å². The monoisotopic (exact) mass is 369 g/mol. The number of hydrogen-bond donors (Lipinski definition) is 2. The maximum Gasteiger partial charge on any atom is 0.343 e. The van der Waals surface area contributed by atoms with Crippen LogP contribution in [0.4, 0.5) is 10.5 Å². The Morgan fingerprint density at radius 1 is 1.22 bits per heavy atom. The summed E-state index contributed by atoms with van der Waals surface area (Å²) in [5.41, 5.74) is 10.8. The molecule has 0 heterocycles. The third kappa shape index (κ3) is 5.04. The Balaban J connectivity index is 2.15. The third-order valence-corrected chi connectivity index (χ3v) is 4.00. The lowest BCUT2D eigenvalue weighted by Gasteiger charge is -2.15. The van der Waals surface area contributed by atoms with Gasteiger partial charge in [0.05, 0.1) is 12.8 Å². The molecule has 0 saturated heterocycles. The standard InChI is InChI=1S/C19H23N5O3/c1-13-8-7-10-17(21-19(25)24(3)23-20)16(13)12-27-22-14(2)15-9-5-6-11-18(15)26-4/h5-11,20H,12H2,1-4H3,(H,21,25). The number of urea groups is 1. The van der Waals surface area contributed by atoms with Crippen molar-refractivity contribution in [2.24, 2.45) is 10.4 Å². The van der Waals surface area contributed by atoms with Crippen molar-refractivity contribution < 1.29 is 14.4 Å². The molecule has 2 rings (SSSR count). The number of para-hydroxylation sites is 1. The Bertz CT molecular complexity index is 851. The summed E-state index contributed by atoms with van der Waals surface area (Å²) in [6.07, 6.45) is 0. The maximum absolute atomic E-state index is 12.0. The Hall–Kier alpha value is -3.42. The fourth-order valence-corrected chi connectivity index (χ4v) is 2.44. The van der Waals surface area contributed by atoms with Gasteiger partial charge in [-0.2, -0.15) is 10.5 Å². The van der Waals surface area contributed by atoms with Crippen LogP contribution in [0.15, 0.2) is 52.8 Å². The van der Waals surface area contributed by atoms with Crippen LogP contribution in [-0.2, 0) is 11.4 Å². The van der Waals surface area contributed by atoms with Crippen molar-refractivity contribution in [1.29, 1.82) is 5.53 Å². The Kier molecular flexibility index (Phi) is 6.87. The minimum Gasteiger partial charge on any atom is -0.496 e. The number of hydrogen-bond acceptors (Lipinski definition) is 6.